The molecule has 0 spiro atoms. The van der Waals surface area contributed by atoms with E-state index in [-0.39, 0.29) is 0 Å². The van der Waals surface area contributed by atoms with E-state index in [1.165, 1.54) is 24.0 Å². The van der Waals surface area contributed by atoms with Crippen molar-refractivity contribution in [3.8, 4) is 5.75 Å². The Hall–Kier alpha value is -0.540. The molecule has 1 saturated carbocycles. The van der Waals surface area contributed by atoms with Gasteiger partial charge in [-0.15, -0.1) is 0 Å². The Balaban J connectivity index is 2.29. The molecular formula is C12H16BrNO. The molecule has 1 fully saturated rings. The van der Waals surface area contributed by atoms with E-state index in [0.717, 1.165) is 16.6 Å². The SMILES string of the molecule is Cc1cc(Br)c(OC2CC2)c(CCN)c1. The molecule has 0 atom stereocenters. The number of rotatable bonds is 4. The van der Waals surface area contributed by atoms with Crippen LogP contribution in [-0.2, 0) is 6.42 Å². The van der Waals surface area contributed by atoms with Crippen molar-refractivity contribution in [1.29, 1.82) is 0 Å². The molecule has 0 unspecified atom stereocenters. The van der Waals surface area contributed by atoms with Crippen LogP contribution in [0.25, 0.3) is 0 Å². The quantitative estimate of drug-likeness (QED) is 0.913. The van der Waals surface area contributed by atoms with Gasteiger partial charge in [-0.1, -0.05) is 6.07 Å². The second-order valence-electron chi connectivity index (χ2n) is 4.09. The number of halogens is 1. The summed E-state index contributed by atoms with van der Waals surface area (Å²) in [6.45, 7) is 2.75. The third-order valence-corrected chi connectivity index (χ3v) is 3.08. The Morgan fingerprint density at radius 2 is 2.20 bits per heavy atom. The van der Waals surface area contributed by atoms with Crippen LogP contribution in [0.5, 0.6) is 5.75 Å². The molecule has 0 bridgehead atoms. The van der Waals surface area contributed by atoms with E-state index >= 15 is 0 Å². The molecule has 0 radical (unpaired) electrons. The molecule has 1 aromatic rings. The van der Waals surface area contributed by atoms with Gasteiger partial charge in [-0.3, -0.25) is 0 Å². The Morgan fingerprint density at radius 1 is 1.47 bits per heavy atom. The van der Waals surface area contributed by atoms with Crippen LogP contribution in [0.15, 0.2) is 16.6 Å². The zero-order valence-electron chi connectivity index (χ0n) is 8.92. The monoisotopic (exact) mass is 269 g/mol. The fourth-order valence-corrected chi connectivity index (χ4v) is 2.34. The molecule has 2 nitrogen and oxygen atoms in total. The normalized spacial score (nSPS) is 15.4. The summed E-state index contributed by atoms with van der Waals surface area (Å²) < 4.78 is 6.95. The molecule has 1 aliphatic carbocycles. The summed E-state index contributed by atoms with van der Waals surface area (Å²) in [4.78, 5) is 0. The third-order valence-electron chi connectivity index (χ3n) is 2.49. The molecule has 3 heteroatoms. The van der Waals surface area contributed by atoms with Crippen LogP contribution in [0.1, 0.15) is 24.0 Å². The van der Waals surface area contributed by atoms with E-state index in [1.54, 1.807) is 0 Å². The maximum absolute atomic E-state index is 5.89. The summed E-state index contributed by atoms with van der Waals surface area (Å²) in [7, 11) is 0. The third kappa shape index (κ3) is 2.73. The number of ether oxygens (including phenoxy) is 1. The summed E-state index contributed by atoms with van der Waals surface area (Å²) in [5.41, 5.74) is 8.07. The average Bonchev–Trinajstić information content (AvgIpc) is 2.95. The lowest BCUT2D eigenvalue weighted by atomic mass is 10.1. The Bertz CT molecular complexity index is 361. The van der Waals surface area contributed by atoms with Gasteiger partial charge >= 0.3 is 0 Å². The van der Waals surface area contributed by atoms with Crippen LogP contribution in [-0.4, -0.2) is 12.6 Å². The van der Waals surface area contributed by atoms with E-state index < -0.39 is 0 Å². The molecule has 0 saturated heterocycles. The maximum atomic E-state index is 5.89. The van der Waals surface area contributed by atoms with Crippen molar-refractivity contribution in [2.45, 2.75) is 32.3 Å². The van der Waals surface area contributed by atoms with Gasteiger partial charge in [-0.25, -0.2) is 0 Å². The van der Waals surface area contributed by atoms with E-state index in [4.69, 9.17) is 10.5 Å². The predicted molar refractivity (Wildman–Crippen MR) is 65.3 cm³/mol. The number of aryl methyl sites for hydroxylation is 1. The fourth-order valence-electron chi connectivity index (χ4n) is 1.63. The van der Waals surface area contributed by atoms with E-state index in [2.05, 4.69) is 35.0 Å². The van der Waals surface area contributed by atoms with Gasteiger partial charge in [-0.2, -0.15) is 0 Å². The minimum Gasteiger partial charge on any atom is -0.489 e. The lowest BCUT2D eigenvalue weighted by molar-refractivity contribution is 0.298. The van der Waals surface area contributed by atoms with Crippen LogP contribution >= 0.6 is 15.9 Å². The summed E-state index contributed by atoms with van der Waals surface area (Å²) in [5, 5.41) is 0. The highest BCUT2D eigenvalue weighted by molar-refractivity contribution is 9.10. The lowest BCUT2D eigenvalue weighted by Gasteiger charge is -2.13. The van der Waals surface area contributed by atoms with Crippen LogP contribution < -0.4 is 10.5 Å². The van der Waals surface area contributed by atoms with Crippen molar-refractivity contribution in [3.63, 3.8) is 0 Å². The van der Waals surface area contributed by atoms with Gasteiger partial charge in [0.15, 0.2) is 0 Å². The van der Waals surface area contributed by atoms with Gasteiger partial charge in [0.05, 0.1) is 10.6 Å². The van der Waals surface area contributed by atoms with Gasteiger partial charge in [-0.05, 0) is 65.9 Å². The number of nitrogens with two attached hydrogens (primary N) is 1. The molecule has 1 aliphatic rings. The highest BCUT2D eigenvalue weighted by Crippen LogP contribution is 2.36. The van der Waals surface area contributed by atoms with Crippen LogP contribution in [0.2, 0.25) is 0 Å². The smallest absolute Gasteiger partial charge is 0.137 e. The van der Waals surface area contributed by atoms with Crippen molar-refractivity contribution in [2.75, 3.05) is 6.54 Å². The van der Waals surface area contributed by atoms with E-state index in [9.17, 15) is 0 Å². The van der Waals surface area contributed by atoms with Crippen LogP contribution in [0, 0.1) is 6.92 Å². The lowest BCUT2D eigenvalue weighted by Crippen LogP contribution is -2.07. The van der Waals surface area contributed by atoms with Gasteiger partial charge in [0.2, 0.25) is 0 Å². The number of hydrogen-bond donors (Lipinski definition) is 1. The first kappa shape index (κ1) is 11.0. The molecule has 0 aliphatic heterocycles. The Kier molecular flexibility index (Phi) is 3.32. The molecule has 1 aromatic carbocycles. The summed E-state index contributed by atoms with van der Waals surface area (Å²) in [5.74, 6) is 0.994. The first-order valence-corrected chi connectivity index (χ1v) is 6.15. The average molecular weight is 270 g/mol. The highest BCUT2D eigenvalue weighted by Gasteiger charge is 2.25. The second-order valence-corrected chi connectivity index (χ2v) is 4.95. The van der Waals surface area contributed by atoms with Crippen molar-refractivity contribution >= 4 is 15.9 Å². The molecule has 2 N–H and O–H groups in total. The first-order chi connectivity index (χ1) is 7.20. The number of hydrogen-bond acceptors (Lipinski definition) is 2. The maximum Gasteiger partial charge on any atom is 0.137 e. The molecular weight excluding hydrogens is 254 g/mol. The van der Waals surface area contributed by atoms with Gasteiger partial charge < -0.3 is 10.5 Å². The molecule has 0 heterocycles. The molecule has 2 rings (SSSR count). The topological polar surface area (TPSA) is 35.2 Å². The van der Waals surface area contributed by atoms with Crippen molar-refractivity contribution in [2.24, 2.45) is 5.73 Å². The zero-order chi connectivity index (χ0) is 10.8. The van der Waals surface area contributed by atoms with Gasteiger partial charge in [0, 0.05) is 0 Å². The van der Waals surface area contributed by atoms with Crippen LogP contribution in [0.4, 0.5) is 0 Å². The summed E-state index contributed by atoms with van der Waals surface area (Å²) in [6, 6.07) is 4.26. The molecule has 0 amide bonds. The molecule has 82 valence electrons. The largest absolute Gasteiger partial charge is 0.489 e. The first-order valence-electron chi connectivity index (χ1n) is 5.36. The van der Waals surface area contributed by atoms with Gasteiger partial charge in [0.1, 0.15) is 5.75 Å². The zero-order valence-corrected chi connectivity index (χ0v) is 10.5. The van der Waals surface area contributed by atoms with Crippen molar-refractivity contribution in [1.82, 2.24) is 0 Å². The standard InChI is InChI=1S/C12H16BrNO/c1-8-6-9(4-5-14)12(11(13)7-8)15-10-2-3-10/h6-7,10H,2-5,14H2,1H3. The summed E-state index contributed by atoms with van der Waals surface area (Å²) >= 11 is 3.56. The van der Waals surface area contributed by atoms with Crippen molar-refractivity contribution < 1.29 is 4.74 Å². The summed E-state index contributed by atoms with van der Waals surface area (Å²) in [6.07, 6.45) is 3.67. The number of benzene rings is 1. The minimum absolute atomic E-state index is 0.431. The Morgan fingerprint density at radius 3 is 2.80 bits per heavy atom. The van der Waals surface area contributed by atoms with E-state index in [0.29, 0.717) is 12.6 Å². The van der Waals surface area contributed by atoms with E-state index in [1.807, 2.05) is 0 Å². The fraction of sp³-hybridized carbons (Fsp3) is 0.500. The second kappa shape index (κ2) is 4.54. The molecule has 15 heavy (non-hydrogen) atoms. The Labute approximate surface area is 98.9 Å². The van der Waals surface area contributed by atoms with Crippen molar-refractivity contribution in [3.05, 3.63) is 27.7 Å². The highest BCUT2D eigenvalue weighted by atomic mass is 79.9. The predicted octanol–water partition coefficient (Wildman–Crippen LogP) is 2.80. The minimum atomic E-state index is 0.431. The van der Waals surface area contributed by atoms with Gasteiger partial charge in [0.25, 0.3) is 0 Å². The molecule has 0 aromatic heterocycles. The van der Waals surface area contributed by atoms with Crippen LogP contribution in [0.3, 0.4) is 0 Å².